The highest BCUT2D eigenvalue weighted by molar-refractivity contribution is 5.97. The fraction of sp³-hybridized carbons (Fsp3) is 0.316. The number of hydrogen-bond donors (Lipinski definition) is 2. The third-order valence-corrected chi connectivity index (χ3v) is 5.12. The summed E-state index contributed by atoms with van der Waals surface area (Å²) in [4.78, 5) is 13.0. The van der Waals surface area contributed by atoms with Crippen molar-refractivity contribution in [3.05, 3.63) is 40.1 Å². The first-order chi connectivity index (χ1) is 12.4. The molecular formula is C19H16O7. The molecule has 7 nitrogen and oxygen atoms in total. The monoisotopic (exact) mass is 356 g/mol. The van der Waals surface area contributed by atoms with Crippen molar-refractivity contribution in [2.45, 2.75) is 24.7 Å². The average molecular weight is 356 g/mol. The lowest BCUT2D eigenvalue weighted by molar-refractivity contribution is -0.0146. The number of ether oxygens (including phenoxy) is 3. The standard InChI is InChI=1S/C19H16O7/c1-19(22)7-24-17-13-11(25-18(17)19)6-9(20)12-14(21)8-4-3-5-10(23-2)15(8)26-16(12)13/h3-6,17-18,20,22H,7H2,1-2H3/t17-,18+,19?/m0/s1. The molecule has 1 aromatic heterocycles. The van der Waals surface area contributed by atoms with E-state index in [4.69, 9.17) is 18.6 Å². The van der Waals surface area contributed by atoms with Crippen LogP contribution in [-0.2, 0) is 4.74 Å². The Kier molecular flexibility index (Phi) is 2.92. The van der Waals surface area contributed by atoms with E-state index in [1.54, 1.807) is 25.1 Å². The maximum absolute atomic E-state index is 13.0. The second-order valence-corrected chi connectivity index (χ2v) is 6.91. The number of phenolic OH excluding ortho intramolecular Hbond substituents is 1. The molecule has 7 heteroatoms. The Morgan fingerprint density at radius 2 is 2.12 bits per heavy atom. The van der Waals surface area contributed by atoms with Crippen molar-refractivity contribution in [3.63, 3.8) is 0 Å². The van der Waals surface area contributed by atoms with Crippen molar-refractivity contribution in [2.24, 2.45) is 0 Å². The average Bonchev–Trinajstić information content (AvgIpc) is 3.11. The van der Waals surface area contributed by atoms with Crippen LogP contribution in [0.5, 0.6) is 17.2 Å². The van der Waals surface area contributed by atoms with Crippen molar-refractivity contribution >= 4 is 21.9 Å². The van der Waals surface area contributed by atoms with Gasteiger partial charge in [-0.05, 0) is 19.1 Å². The summed E-state index contributed by atoms with van der Waals surface area (Å²) in [5.41, 5.74) is -0.555. The van der Waals surface area contributed by atoms with Crippen LogP contribution in [0.3, 0.4) is 0 Å². The summed E-state index contributed by atoms with van der Waals surface area (Å²) >= 11 is 0. The van der Waals surface area contributed by atoms with Gasteiger partial charge in [0.1, 0.15) is 28.6 Å². The molecule has 26 heavy (non-hydrogen) atoms. The van der Waals surface area contributed by atoms with E-state index < -0.39 is 17.8 Å². The predicted molar refractivity (Wildman–Crippen MR) is 91.9 cm³/mol. The molecule has 2 aromatic carbocycles. The van der Waals surface area contributed by atoms with Gasteiger partial charge < -0.3 is 28.8 Å². The lowest BCUT2D eigenvalue weighted by atomic mass is 9.95. The highest BCUT2D eigenvalue weighted by Gasteiger charge is 2.54. The fourth-order valence-electron chi connectivity index (χ4n) is 3.84. The fourth-order valence-corrected chi connectivity index (χ4v) is 3.84. The topological polar surface area (TPSA) is 98.4 Å². The molecule has 0 radical (unpaired) electrons. The molecule has 134 valence electrons. The molecule has 2 aliphatic heterocycles. The second kappa shape index (κ2) is 4.90. The number of phenols is 1. The van der Waals surface area contributed by atoms with Gasteiger partial charge in [-0.2, -0.15) is 0 Å². The van der Waals surface area contributed by atoms with Gasteiger partial charge in [0.2, 0.25) is 5.43 Å². The molecule has 1 saturated heterocycles. The Bertz CT molecular complexity index is 1130. The van der Waals surface area contributed by atoms with E-state index in [1.165, 1.54) is 13.2 Å². The molecule has 3 aromatic rings. The summed E-state index contributed by atoms with van der Waals surface area (Å²) in [6, 6.07) is 6.37. The highest BCUT2D eigenvalue weighted by Crippen LogP contribution is 2.51. The van der Waals surface area contributed by atoms with Crippen LogP contribution in [0, 0.1) is 0 Å². The van der Waals surface area contributed by atoms with Crippen LogP contribution in [0.2, 0.25) is 0 Å². The molecule has 3 atom stereocenters. The first kappa shape index (κ1) is 15.5. The molecule has 3 heterocycles. The van der Waals surface area contributed by atoms with Crippen LogP contribution >= 0.6 is 0 Å². The molecule has 2 N–H and O–H groups in total. The van der Waals surface area contributed by atoms with Gasteiger partial charge in [-0.15, -0.1) is 0 Å². The number of rotatable bonds is 1. The summed E-state index contributed by atoms with van der Waals surface area (Å²) < 4.78 is 22.9. The molecule has 2 aliphatic rings. The Labute approximate surface area is 147 Å². The lowest BCUT2D eigenvalue weighted by Crippen LogP contribution is -2.40. The molecule has 1 fully saturated rings. The van der Waals surface area contributed by atoms with Crippen molar-refractivity contribution in [1.82, 2.24) is 0 Å². The largest absolute Gasteiger partial charge is 0.507 e. The Morgan fingerprint density at radius 1 is 1.31 bits per heavy atom. The van der Waals surface area contributed by atoms with Gasteiger partial charge in [-0.1, -0.05) is 6.07 Å². The third-order valence-electron chi connectivity index (χ3n) is 5.12. The number of aliphatic hydroxyl groups is 1. The Hall–Kier alpha value is -2.77. The van der Waals surface area contributed by atoms with Crippen LogP contribution in [0.1, 0.15) is 18.6 Å². The van der Waals surface area contributed by atoms with E-state index in [9.17, 15) is 15.0 Å². The molecule has 1 unspecified atom stereocenters. The quantitative estimate of drug-likeness (QED) is 0.645. The van der Waals surface area contributed by atoms with E-state index >= 15 is 0 Å². The Balaban J connectivity index is 1.91. The zero-order valence-corrected chi connectivity index (χ0v) is 14.1. The molecule has 0 amide bonds. The maximum Gasteiger partial charge on any atom is 0.204 e. The minimum Gasteiger partial charge on any atom is -0.507 e. The summed E-state index contributed by atoms with van der Waals surface area (Å²) in [6.45, 7) is 1.73. The number of fused-ring (bicyclic) bond motifs is 6. The summed E-state index contributed by atoms with van der Waals surface area (Å²) in [5.74, 6) is 0.507. The van der Waals surface area contributed by atoms with Crippen LogP contribution < -0.4 is 14.9 Å². The minimum atomic E-state index is -1.18. The van der Waals surface area contributed by atoms with Gasteiger partial charge in [-0.25, -0.2) is 0 Å². The number of hydrogen-bond acceptors (Lipinski definition) is 7. The Morgan fingerprint density at radius 3 is 2.88 bits per heavy atom. The van der Waals surface area contributed by atoms with E-state index in [1.807, 2.05) is 0 Å². The third kappa shape index (κ3) is 1.81. The molecule has 5 rings (SSSR count). The summed E-state index contributed by atoms with van der Waals surface area (Å²) in [7, 11) is 1.49. The van der Waals surface area contributed by atoms with Crippen molar-refractivity contribution in [1.29, 1.82) is 0 Å². The summed E-state index contributed by atoms with van der Waals surface area (Å²) in [6.07, 6.45) is -1.22. The maximum atomic E-state index is 13.0. The SMILES string of the molecule is COc1cccc2c(=O)c3c(O)cc4c(c3oc12)[C@@H]1OCC(C)(O)[C@@H]1O4. The number of methoxy groups -OCH3 is 1. The summed E-state index contributed by atoms with van der Waals surface area (Å²) in [5, 5.41) is 21.2. The first-order valence-electron chi connectivity index (χ1n) is 8.22. The smallest absolute Gasteiger partial charge is 0.204 e. The minimum absolute atomic E-state index is 0.0592. The van der Waals surface area contributed by atoms with E-state index in [-0.39, 0.29) is 34.3 Å². The normalized spacial score (nSPS) is 26.7. The first-order valence-corrected chi connectivity index (χ1v) is 8.22. The second-order valence-electron chi connectivity index (χ2n) is 6.91. The van der Waals surface area contributed by atoms with Crippen LogP contribution in [0.25, 0.3) is 21.9 Å². The van der Waals surface area contributed by atoms with Crippen LogP contribution in [0.4, 0.5) is 0 Å². The van der Waals surface area contributed by atoms with E-state index in [0.717, 1.165) is 0 Å². The van der Waals surface area contributed by atoms with Crippen molar-refractivity contribution in [2.75, 3.05) is 13.7 Å². The zero-order chi connectivity index (χ0) is 18.2. The molecule has 0 bridgehead atoms. The van der Waals surface area contributed by atoms with Gasteiger partial charge in [0.15, 0.2) is 23.0 Å². The van der Waals surface area contributed by atoms with Crippen molar-refractivity contribution < 1.29 is 28.8 Å². The molecule has 0 aliphatic carbocycles. The van der Waals surface area contributed by atoms with Crippen LogP contribution in [0.15, 0.2) is 33.5 Å². The lowest BCUT2D eigenvalue weighted by Gasteiger charge is -2.21. The zero-order valence-electron chi connectivity index (χ0n) is 14.1. The van der Waals surface area contributed by atoms with Gasteiger partial charge in [0.05, 0.1) is 24.7 Å². The van der Waals surface area contributed by atoms with Gasteiger partial charge in [0, 0.05) is 6.07 Å². The number of aromatic hydroxyl groups is 1. The molecular weight excluding hydrogens is 340 g/mol. The molecule has 0 spiro atoms. The van der Waals surface area contributed by atoms with Crippen molar-refractivity contribution in [3.8, 4) is 17.2 Å². The molecule has 0 saturated carbocycles. The highest BCUT2D eigenvalue weighted by atomic mass is 16.6. The van der Waals surface area contributed by atoms with Crippen LogP contribution in [-0.4, -0.2) is 35.6 Å². The van der Waals surface area contributed by atoms with Gasteiger partial charge >= 0.3 is 0 Å². The van der Waals surface area contributed by atoms with E-state index in [0.29, 0.717) is 22.4 Å². The van der Waals surface area contributed by atoms with E-state index in [2.05, 4.69) is 0 Å². The van der Waals surface area contributed by atoms with Gasteiger partial charge in [0.25, 0.3) is 0 Å². The number of para-hydroxylation sites is 1. The predicted octanol–water partition coefficient (Wildman–Crippen LogP) is 2.24. The van der Waals surface area contributed by atoms with Gasteiger partial charge in [-0.3, -0.25) is 4.79 Å². The number of benzene rings is 2.